The Morgan fingerprint density at radius 1 is 1.17 bits per heavy atom. The SMILES string of the molecule is COCc1c(C(=O)OCC(=O)NC(=O)NCCC2=CCCCC2)oc2ccccc12. The molecule has 160 valence electrons. The summed E-state index contributed by atoms with van der Waals surface area (Å²) in [5.41, 5.74) is 2.40. The van der Waals surface area contributed by atoms with Gasteiger partial charge in [0.1, 0.15) is 5.58 Å². The molecule has 0 spiro atoms. The second-order valence-electron chi connectivity index (χ2n) is 7.08. The second-order valence-corrected chi connectivity index (χ2v) is 7.08. The molecular weight excluding hydrogens is 388 g/mol. The van der Waals surface area contributed by atoms with Gasteiger partial charge in [0.2, 0.25) is 5.76 Å². The van der Waals surface area contributed by atoms with E-state index >= 15 is 0 Å². The van der Waals surface area contributed by atoms with E-state index in [2.05, 4.69) is 16.7 Å². The molecule has 1 aromatic carbocycles. The zero-order valence-corrected chi connectivity index (χ0v) is 17.0. The molecule has 0 unspecified atom stereocenters. The molecule has 1 aliphatic carbocycles. The summed E-state index contributed by atoms with van der Waals surface area (Å²) in [5, 5.41) is 5.53. The lowest BCUT2D eigenvalue weighted by molar-refractivity contribution is -0.123. The molecule has 0 saturated carbocycles. The third-order valence-electron chi connectivity index (χ3n) is 4.88. The van der Waals surface area contributed by atoms with E-state index < -0.39 is 24.5 Å². The molecular formula is C22H26N2O6. The summed E-state index contributed by atoms with van der Waals surface area (Å²) in [5.74, 6) is -1.53. The van der Waals surface area contributed by atoms with Gasteiger partial charge in [0.25, 0.3) is 5.91 Å². The Hall–Kier alpha value is -3.13. The van der Waals surface area contributed by atoms with Gasteiger partial charge in [-0.3, -0.25) is 10.1 Å². The Balaban J connectivity index is 1.46. The van der Waals surface area contributed by atoms with Gasteiger partial charge < -0.3 is 19.2 Å². The van der Waals surface area contributed by atoms with Crippen LogP contribution in [0.15, 0.2) is 40.3 Å². The van der Waals surface area contributed by atoms with Crippen LogP contribution in [0.25, 0.3) is 11.0 Å². The number of carbonyl (C=O) groups is 3. The maximum absolute atomic E-state index is 12.4. The molecule has 8 nitrogen and oxygen atoms in total. The lowest BCUT2D eigenvalue weighted by Gasteiger charge is -2.13. The number of para-hydroxylation sites is 1. The Morgan fingerprint density at radius 3 is 2.77 bits per heavy atom. The van der Waals surface area contributed by atoms with Gasteiger partial charge in [-0.05, 0) is 38.2 Å². The minimum atomic E-state index is -0.793. The third-order valence-corrected chi connectivity index (χ3v) is 4.88. The van der Waals surface area contributed by atoms with E-state index in [9.17, 15) is 14.4 Å². The smallest absolute Gasteiger partial charge is 0.375 e. The number of carbonyl (C=O) groups excluding carboxylic acids is 3. The average molecular weight is 414 g/mol. The summed E-state index contributed by atoms with van der Waals surface area (Å²) >= 11 is 0. The number of amides is 3. The van der Waals surface area contributed by atoms with E-state index in [1.807, 2.05) is 12.1 Å². The number of fused-ring (bicyclic) bond motifs is 1. The Morgan fingerprint density at radius 2 is 2.00 bits per heavy atom. The van der Waals surface area contributed by atoms with Gasteiger partial charge >= 0.3 is 12.0 Å². The molecule has 3 rings (SSSR count). The fourth-order valence-corrected chi connectivity index (χ4v) is 3.42. The largest absolute Gasteiger partial charge is 0.450 e. The van der Waals surface area contributed by atoms with Crippen LogP contribution >= 0.6 is 0 Å². The second kappa shape index (κ2) is 10.6. The lowest BCUT2D eigenvalue weighted by Crippen LogP contribution is -2.41. The lowest BCUT2D eigenvalue weighted by atomic mass is 9.97. The first-order valence-corrected chi connectivity index (χ1v) is 10.0. The maximum atomic E-state index is 12.4. The number of benzene rings is 1. The molecule has 1 aliphatic rings. The molecule has 2 N–H and O–H groups in total. The highest BCUT2D eigenvalue weighted by molar-refractivity contribution is 5.98. The quantitative estimate of drug-likeness (QED) is 0.506. The molecule has 0 fully saturated rings. The van der Waals surface area contributed by atoms with Gasteiger partial charge in [0.05, 0.1) is 6.61 Å². The summed E-state index contributed by atoms with van der Waals surface area (Å²) < 4.78 is 15.7. The molecule has 8 heteroatoms. The van der Waals surface area contributed by atoms with Gasteiger partial charge in [0.15, 0.2) is 6.61 Å². The van der Waals surface area contributed by atoms with Crippen molar-refractivity contribution in [2.45, 2.75) is 38.7 Å². The van der Waals surface area contributed by atoms with Crippen molar-refractivity contribution in [3.8, 4) is 0 Å². The zero-order chi connectivity index (χ0) is 21.3. The molecule has 0 aliphatic heterocycles. The Bertz CT molecular complexity index is 946. The minimum Gasteiger partial charge on any atom is -0.450 e. The summed E-state index contributed by atoms with van der Waals surface area (Å²) in [6, 6.07) is 6.53. The predicted molar refractivity (Wildman–Crippen MR) is 110 cm³/mol. The Kier molecular flexibility index (Phi) is 7.62. The van der Waals surface area contributed by atoms with Crippen LogP contribution in [0.3, 0.4) is 0 Å². The number of furan rings is 1. The first-order chi connectivity index (χ1) is 14.6. The van der Waals surface area contributed by atoms with Crippen LogP contribution in [0, 0.1) is 0 Å². The van der Waals surface area contributed by atoms with Crippen LogP contribution in [0.5, 0.6) is 0 Å². The van der Waals surface area contributed by atoms with E-state index in [4.69, 9.17) is 13.9 Å². The molecule has 0 bridgehead atoms. The molecule has 2 aromatic rings. The topological polar surface area (TPSA) is 107 Å². The first kappa shape index (κ1) is 21.6. The van der Waals surface area contributed by atoms with Gasteiger partial charge in [-0.2, -0.15) is 0 Å². The van der Waals surface area contributed by atoms with Crippen molar-refractivity contribution in [1.29, 1.82) is 0 Å². The number of ether oxygens (including phenoxy) is 2. The van der Waals surface area contributed by atoms with E-state index in [1.54, 1.807) is 12.1 Å². The van der Waals surface area contributed by atoms with Gasteiger partial charge in [-0.1, -0.05) is 29.8 Å². The van der Waals surface area contributed by atoms with E-state index in [0.29, 0.717) is 17.7 Å². The van der Waals surface area contributed by atoms with Crippen molar-refractivity contribution in [1.82, 2.24) is 10.6 Å². The molecule has 3 amide bonds. The van der Waals surface area contributed by atoms with Crippen molar-refractivity contribution < 1.29 is 28.3 Å². The maximum Gasteiger partial charge on any atom is 0.375 e. The monoisotopic (exact) mass is 414 g/mol. The van der Waals surface area contributed by atoms with Crippen LogP contribution < -0.4 is 10.6 Å². The number of urea groups is 1. The third kappa shape index (κ3) is 5.70. The highest BCUT2D eigenvalue weighted by Gasteiger charge is 2.22. The molecule has 0 radical (unpaired) electrons. The van der Waals surface area contributed by atoms with Crippen LogP contribution in [-0.4, -0.2) is 38.2 Å². The van der Waals surface area contributed by atoms with E-state index in [1.165, 1.54) is 25.5 Å². The van der Waals surface area contributed by atoms with E-state index in [-0.39, 0.29) is 12.4 Å². The van der Waals surface area contributed by atoms with Gasteiger partial charge in [-0.15, -0.1) is 0 Å². The van der Waals surface area contributed by atoms with Crippen LogP contribution in [0.2, 0.25) is 0 Å². The molecule has 0 atom stereocenters. The van der Waals surface area contributed by atoms with E-state index in [0.717, 1.165) is 24.6 Å². The molecule has 0 saturated heterocycles. The van der Waals surface area contributed by atoms with Crippen molar-refractivity contribution >= 4 is 28.9 Å². The number of allylic oxidation sites excluding steroid dienone is 1. The van der Waals surface area contributed by atoms with Crippen molar-refractivity contribution in [2.24, 2.45) is 0 Å². The average Bonchev–Trinajstić information content (AvgIpc) is 3.12. The standard InChI is InChI=1S/C22H26N2O6/c1-28-13-17-16-9-5-6-10-18(16)30-20(17)21(26)29-14-19(25)24-22(27)23-12-11-15-7-3-2-4-8-15/h5-7,9-10H,2-4,8,11-14H2,1H3,(H2,23,24,25,27). The summed E-state index contributed by atoms with van der Waals surface area (Å²) in [6.07, 6.45) is 7.52. The fourth-order valence-electron chi connectivity index (χ4n) is 3.42. The van der Waals surface area contributed by atoms with Crippen LogP contribution in [0.4, 0.5) is 4.79 Å². The molecule has 1 heterocycles. The Labute approximate surface area is 174 Å². The van der Waals surface area contributed by atoms with Gasteiger partial charge in [0, 0.05) is 24.6 Å². The number of nitrogens with one attached hydrogen (secondary N) is 2. The van der Waals surface area contributed by atoms with Crippen molar-refractivity contribution in [2.75, 3.05) is 20.3 Å². The number of imide groups is 1. The number of hydrogen-bond donors (Lipinski definition) is 2. The first-order valence-electron chi connectivity index (χ1n) is 10.0. The summed E-state index contributed by atoms with van der Waals surface area (Å²) in [4.78, 5) is 36.1. The summed E-state index contributed by atoms with van der Waals surface area (Å²) in [7, 11) is 1.51. The van der Waals surface area contributed by atoms with Gasteiger partial charge in [-0.25, -0.2) is 9.59 Å². The number of methoxy groups -OCH3 is 1. The summed E-state index contributed by atoms with van der Waals surface area (Å²) in [6.45, 7) is 0.0114. The number of hydrogen-bond acceptors (Lipinski definition) is 6. The van der Waals surface area contributed by atoms with Crippen molar-refractivity contribution in [3.63, 3.8) is 0 Å². The minimum absolute atomic E-state index is 0.0175. The normalized spacial score (nSPS) is 13.6. The predicted octanol–water partition coefficient (Wildman–Crippen LogP) is 3.45. The zero-order valence-electron chi connectivity index (χ0n) is 17.0. The van der Waals surface area contributed by atoms with Crippen molar-refractivity contribution in [3.05, 3.63) is 47.2 Å². The highest BCUT2D eigenvalue weighted by Crippen LogP contribution is 2.27. The van der Waals surface area contributed by atoms with Crippen LogP contribution in [0.1, 0.15) is 48.2 Å². The van der Waals surface area contributed by atoms with Crippen LogP contribution in [-0.2, 0) is 20.9 Å². The highest BCUT2D eigenvalue weighted by atomic mass is 16.5. The fraction of sp³-hybridized carbons (Fsp3) is 0.409. The number of rotatable bonds is 8. The molecule has 1 aromatic heterocycles. The molecule has 30 heavy (non-hydrogen) atoms. The number of esters is 1.